The number of carbonyl (C=O) groups is 3. The Morgan fingerprint density at radius 3 is 2.44 bits per heavy atom. The van der Waals surface area contributed by atoms with Gasteiger partial charge < -0.3 is 25.6 Å². The molecule has 0 aliphatic carbocycles. The van der Waals surface area contributed by atoms with E-state index in [0.717, 1.165) is 17.5 Å². The summed E-state index contributed by atoms with van der Waals surface area (Å²) in [6.45, 7) is 2.75. The molecule has 1 atom stereocenters. The summed E-state index contributed by atoms with van der Waals surface area (Å²) in [4.78, 5) is 39.4. The first-order chi connectivity index (χ1) is 17.0. The summed E-state index contributed by atoms with van der Waals surface area (Å²) >= 11 is 5.86. The molecule has 0 aromatic heterocycles. The lowest BCUT2D eigenvalue weighted by molar-refractivity contribution is -0.125. The molecule has 3 N–H and O–H groups in total. The number of hydrogen-bond donors (Lipinski definition) is 3. The van der Waals surface area contributed by atoms with Crippen molar-refractivity contribution < 1.29 is 27.5 Å². The lowest BCUT2D eigenvalue weighted by Gasteiger charge is -2.28. The number of nitrogens with zero attached hydrogens (tertiary/aromatic N) is 1. The third kappa shape index (κ3) is 8.21. The molecule has 12 heteroatoms. The van der Waals surface area contributed by atoms with Gasteiger partial charge in [0.05, 0.1) is 6.61 Å². The van der Waals surface area contributed by atoms with Crippen molar-refractivity contribution in [2.24, 2.45) is 0 Å². The van der Waals surface area contributed by atoms with Gasteiger partial charge in [-0.2, -0.15) is 0 Å². The highest BCUT2D eigenvalue weighted by Crippen LogP contribution is 2.25. The van der Waals surface area contributed by atoms with Crippen LogP contribution in [-0.4, -0.2) is 64.1 Å². The molecule has 1 fully saturated rings. The molecule has 36 heavy (non-hydrogen) atoms. The molecule has 0 radical (unpaired) electrons. The molecule has 0 bridgehead atoms. The van der Waals surface area contributed by atoms with Crippen molar-refractivity contribution in [3.05, 3.63) is 53.1 Å². The van der Waals surface area contributed by atoms with E-state index >= 15 is 0 Å². The number of amides is 4. The number of aryl methyl sites for hydroxylation is 1. The summed E-state index contributed by atoms with van der Waals surface area (Å²) in [5.74, 6) is -0.745. The number of urea groups is 1. The molecular formula is C24H29ClN4O6S. The zero-order chi connectivity index (χ0) is 26.3. The quantitative estimate of drug-likeness (QED) is 0.451. The highest BCUT2D eigenvalue weighted by molar-refractivity contribution is 7.90. The molecule has 1 saturated heterocycles. The van der Waals surface area contributed by atoms with Crippen molar-refractivity contribution >= 4 is 56.3 Å². The van der Waals surface area contributed by atoms with E-state index in [9.17, 15) is 22.8 Å². The van der Waals surface area contributed by atoms with Crippen molar-refractivity contribution in [1.82, 2.24) is 5.32 Å². The van der Waals surface area contributed by atoms with Gasteiger partial charge in [0, 0.05) is 40.6 Å². The Bertz CT molecular complexity index is 1220. The highest BCUT2D eigenvalue weighted by atomic mass is 35.5. The molecule has 0 saturated carbocycles. The van der Waals surface area contributed by atoms with Gasteiger partial charge in [-0.3, -0.25) is 9.59 Å². The molecule has 4 amide bonds. The Kier molecular flexibility index (Phi) is 9.30. The fourth-order valence-corrected chi connectivity index (χ4v) is 4.53. The summed E-state index contributed by atoms with van der Waals surface area (Å²) in [7, 11) is -3.22. The third-order valence-corrected chi connectivity index (χ3v) is 6.76. The first-order valence-corrected chi connectivity index (χ1v) is 13.8. The van der Waals surface area contributed by atoms with Gasteiger partial charge >= 0.3 is 6.03 Å². The van der Waals surface area contributed by atoms with Gasteiger partial charge in [-0.1, -0.05) is 11.6 Å². The first-order valence-electron chi connectivity index (χ1n) is 11.3. The Morgan fingerprint density at radius 1 is 1.11 bits per heavy atom. The van der Waals surface area contributed by atoms with Gasteiger partial charge in [0.15, 0.2) is 0 Å². The van der Waals surface area contributed by atoms with Crippen molar-refractivity contribution in [2.45, 2.75) is 25.8 Å². The minimum absolute atomic E-state index is 0.0246. The number of sulfone groups is 1. The largest absolute Gasteiger partial charge is 0.370 e. The molecule has 2 aromatic rings. The monoisotopic (exact) mass is 536 g/mol. The van der Waals surface area contributed by atoms with Crippen LogP contribution in [-0.2, 0) is 24.2 Å². The molecule has 3 rings (SSSR count). The van der Waals surface area contributed by atoms with Crippen LogP contribution in [0.5, 0.6) is 0 Å². The molecule has 194 valence electrons. The number of carbonyl (C=O) groups excluding carboxylic acids is 3. The van der Waals surface area contributed by atoms with Gasteiger partial charge in [-0.05, 0) is 67.8 Å². The average Bonchev–Trinajstić information content (AvgIpc) is 2.80. The van der Waals surface area contributed by atoms with E-state index in [2.05, 4.69) is 16.0 Å². The van der Waals surface area contributed by atoms with Gasteiger partial charge in [0.1, 0.15) is 22.5 Å². The number of halogens is 1. The van der Waals surface area contributed by atoms with Crippen molar-refractivity contribution in [3.8, 4) is 0 Å². The zero-order valence-electron chi connectivity index (χ0n) is 20.0. The SMILES string of the molecule is Cc1cc(NC(=O)[C@@H](CCCS(C)(=O)=O)NC(=O)Nc2ccc(Cl)cc2)ccc1N1CCOCC1=O. The Hall–Kier alpha value is -3.15. The molecule has 0 spiro atoms. The van der Waals surface area contributed by atoms with Crippen LogP contribution in [0.3, 0.4) is 0 Å². The topological polar surface area (TPSA) is 134 Å². The molecule has 1 aliphatic heterocycles. The van der Waals surface area contributed by atoms with E-state index in [1.165, 1.54) is 0 Å². The van der Waals surface area contributed by atoms with E-state index in [1.807, 2.05) is 6.92 Å². The fraction of sp³-hybridized carbons (Fsp3) is 0.375. The Balaban J connectivity index is 1.69. The Labute approximate surface area is 215 Å². The highest BCUT2D eigenvalue weighted by Gasteiger charge is 2.24. The number of morpholine rings is 1. The van der Waals surface area contributed by atoms with Crippen LogP contribution in [0, 0.1) is 6.92 Å². The van der Waals surface area contributed by atoms with Gasteiger partial charge in [-0.25, -0.2) is 13.2 Å². The molecular weight excluding hydrogens is 508 g/mol. The maximum absolute atomic E-state index is 13.0. The number of benzene rings is 2. The predicted octanol–water partition coefficient (Wildman–Crippen LogP) is 2.97. The van der Waals surface area contributed by atoms with Crippen LogP contribution in [0.25, 0.3) is 0 Å². The van der Waals surface area contributed by atoms with E-state index in [0.29, 0.717) is 29.5 Å². The number of anilines is 3. The second-order valence-corrected chi connectivity index (χ2v) is 11.2. The standard InChI is InChI=1S/C24H29ClN4O6S/c1-16-14-19(9-10-21(16)29-11-12-35-15-22(29)30)26-23(31)20(4-3-13-36(2,33)34)28-24(32)27-18-7-5-17(25)6-8-18/h5-10,14,20H,3-4,11-13,15H2,1-2H3,(H,26,31)(H2,27,28,32)/t20-/m1/s1. The second kappa shape index (κ2) is 12.2. The maximum atomic E-state index is 13.0. The number of nitrogens with one attached hydrogen (secondary N) is 3. The van der Waals surface area contributed by atoms with E-state index in [-0.39, 0.29) is 31.1 Å². The number of rotatable bonds is 9. The minimum atomic E-state index is -3.22. The molecule has 10 nitrogen and oxygen atoms in total. The molecule has 1 aliphatic rings. The normalized spacial score (nSPS) is 14.8. The van der Waals surface area contributed by atoms with Crippen LogP contribution in [0.4, 0.5) is 21.9 Å². The predicted molar refractivity (Wildman–Crippen MR) is 139 cm³/mol. The zero-order valence-corrected chi connectivity index (χ0v) is 21.6. The van der Waals surface area contributed by atoms with Gasteiger partial charge in [0.25, 0.3) is 5.91 Å². The van der Waals surface area contributed by atoms with Crippen LogP contribution >= 0.6 is 11.6 Å². The number of ether oxygens (including phenoxy) is 1. The Morgan fingerprint density at radius 2 is 1.81 bits per heavy atom. The minimum Gasteiger partial charge on any atom is -0.370 e. The first kappa shape index (κ1) is 27.4. The van der Waals surface area contributed by atoms with Crippen molar-refractivity contribution in [2.75, 3.05) is 47.3 Å². The smallest absolute Gasteiger partial charge is 0.319 e. The van der Waals surface area contributed by atoms with Crippen molar-refractivity contribution in [1.29, 1.82) is 0 Å². The summed E-state index contributed by atoms with van der Waals surface area (Å²) in [6.07, 6.45) is 1.42. The van der Waals surface area contributed by atoms with E-state index in [1.54, 1.807) is 47.4 Å². The summed E-state index contributed by atoms with van der Waals surface area (Å²) in [5, 5.41) is 8.53. The molecule has 1 heterocycles. The van der Waals surface area contributed by atoms with Crippen LogP contribution < -0.4 is 20.9 Å². The third-order valence-electron chi connectivity index (χ3n) is 5.47. The lowest BCUT2D eigenvalue weighted by Crippen LogP contribution is -2.45. The molecule has 2 aromatic carbocycles. The van der Waals surface area contributed by atoms with E-state index < -0.39 is 27.8 Å². The average molecular weight is 537 g/mol. The van der Waals surface area contributed by atoms with Crippen LogP contribution in [0.1, 0.15) is 18.4 Å². The summed E-state index contributed by atoms with van der Waals surface area (Å²) < 4.78 is 28.3. The lowest BCUT2D eigenvalue weighted by atomic mass is 10.1. The van der Waals surface area contributed by atoms with Crippen LogP contribution in [0.15, 0.2) is 42.5 Å². The maximum Gasteiger partial charge on any atom is 0.319 e. The fourth-order valence-electron chi connectivity index (χ4n) is 3.72. The van der Waals surface area contributed by atoms with Crippen molar-refractivity contribution in [3.63, 3.8) is 0 Å². The van der Waals surface area contributed by atoms with Gasteiger partial charge in [0.2, 0.25) is 5.91 Å². The summed E-state index contributed by atoms with van der Waals surface area (Å²) in [6, 6.07) is 10.0. The van der Waals surface area contributed by atoms with Crippen LogP contribution in [0.2, 0.25) is 5.02 Å². The second-order valence-electron chi connectivity index (χ2n) is 8.52. The summed E-state index contributed by atoms with van der Waals surface area (Å²) in [5.41, 5.74) is 2.47. The molecule has 0 unspecified atom stereocenters. The van der Waals surface area contributed by atoms with Gasteiger partial charge in [-0.15, -0.1) is 0 Å². The number of hydrogen-bond acceptors (Lipinski definition) is 6. The van der Waals surface area contributed by atoms with E-state index in [4.69, 9.17) is 16.3 Å².